The van der Waals surface area contributed by atoms with Gasteiger partial charge in [0.2, 0.25) is 12.0 Å². The Morgan fingerprint density at radius 2 is 1.65 bits per heavy atom. The molecule has 17 nitrogen and oxygen atoms in total. The summed E-state index contributed by atoms with van der Waals surface area (Å²) in [4.78, 5) is 86.9. The lowest BCUT2D eigenvalue weighted by atomic mass is 9.62. The van der Waals surface area contributed by atoms with E-state index in [9.17, 15) is 29.1 Å². The number of hydroxylamine groups is 2. The van der Waals surface area contributed by atoms with Crippen LogP contribution < -0.4 is 10.6 Å². The fourth-order valence-electron chi connectivity index (χ4n) is 10.3. The van der Waals surface area contributed by atoms with Crippen molar-refractivity contribution >= 4 is 41.8 Å². The summed E-state index contributed by atoms with van der Waals surface area (Å²) in [6, 6.07) is 20.0. The summed E-state index contributed by atoms with van der Waals surface area (Å²) in [6.45, 7) is 8.64. The van der Waals surface area contributed by atoms with Crippen LogP contribution in [0.1, 0.15) is 92.1 Å². The molecule has 360 valence electrons. The highest BCUT2D eigenvalue weighted by Gasteiger charge is 2.76. The number of nitrogens with zero attached hydrogens (tertiary/aromatic N) is 1. The molecule has 8 unspecified atom stereocenters. The molecule has 2 bridgehead atoms. The number of aliphatic hydroxyl groups excluding tert-OH is 1. The van der Waals surface area contributed by atoms with Crippen LogP contribution in [0.5, 0.6) is 0 Å². The second-order valence-corrected chi connectivity index (χ2v) is 20.3. The Morgan fingerprint density at radius 3 is 2.35 bits per heavy atom. The van der Waals surface area contributed by atoms with E-state index in [0.29, 0.717) is 29.5 Å². The zero-order chi connectivity index (χ0) is 48.2. The molecular formula is C51H57N3O14. The van der Waals surface area contributed by atoms with E-state index in [0.717, 1.165) is 11.1 Å². The Kier molecular flexibility index (Phi) is 12.6. The van der Waals surface area contributed by atoms with Crippen LogP contribution in [0.2, 0.25) is 0 Å². The van der Waals surface area contributed by atoms with Gasteiger partial charge in [0.25, 0.3) is 5.91 Å². The van der Waals surface area contributed by atoms with Crippen LogP contribution in [-0.2, 0) is 83.2 Å². The summed E-state index contributed by atoms with van der Waals surface area (Å²) in [5.41, 5.74) is 1.54. The van der Waals surface area contributed by atoms with Crippen molar-refractivity contribution in [3.05, 3.63) is 112 Å². The van der Waals surface area contributed by atoms with Gasteiger partial charge >= 0.3 is 23.9 Å². The highest BCUT2D eigenvalue weighted by Crippen LogP contribution is 2.58. The number of esters is 4. The first kappa shape index (κ1) is 47.1. The van der Waals surface area contributed by atoms with E-state index in [4.69, 9.17) is 33.3 Å². The Morgan fingerprint density at radius 1 is 0.926 bits per heavy atom. The van der Waals surface area contributed by atoms with Crippen molar-refractivity contribution in [2.24, 2.45) is 10.8 Å². The normalized spacial score (nSPS) is 27.8. The molecule has 4 aliphatic heterocycles. The zero-order valence-electron chi connectivity index (χ0n) is 38.7. The smallest absolute Gasteiger partial charge is 0.348 e. The van der Waals surface area contributed by atoms with Gasteiger partial charge in [-0.15, -0.1) is 0 Å². The minimum atomic E-state index is -1.49. The minimum absolute atomic E-state index is 0.00398. The van der Waals surface area contributed by atoms with E-state index in [2.05, 4.69) is 10.6 Å². The number of nitrogens with one attached hydrogen (secondary N) is 2. The third-order valence-corrected chi connectivity index (χ3v) is 13.5. The van der Waals surface area contributed by atoms with Crippen molar-refractivity contribution in [1.82, 2.24) is 15.7 Å². The standard InChI is InChI=1S/C51H57N3O14/c1-48(2,3)65-38(57)19-17-35(27-55)53-44(58)32-15-9-11-30(21-32)25-52-47(61)51-24-36-39-40(67-50(66-39)22-33-13-6-7-14-34(33)23-50)42(51)68-54(41(51)45(59)63-36)26-31-12-8-10-29(20-31)16-18-37(56)64-43-46(60)62-28-49(43,4)5/h6-16,18,20-21,35-36,39-43,55H,17,19,22-28H2,1-5H3,(H,52,61)(H,53,58). The number of carbonyl (C=O) groups excluding carboxylic acids is 6. The Balaban J connectivity index is 0.936. The van der Waals surface area contributed by atoms with Gasteiger partial charge in [-0.05, 0) is 73.2 Å². The van der Waals surface area contributed by atoms with E-state index < -0.39 is 101 Å². The largest absolute Gasteiger partial charge is 0.462 e. The molecular weight excluding hydrogens is 879 g/mol. The number of amides is 2. The molecule has 2 amide bonds. The molecule has 0 radical (unpaired) electrons. The third-order valence-electron chi connectivity index (χ3n) is 13.5. The van der Waals surface area contributed by atoms with Crippen LogP contribution in [0.15, 0.2) is 78.9 Å². The molecule has 4 heterocycles. The van der Waals surface area contributed by atoms with Crippen molar-refractivity contribution in [1.29, 1.82) is 0 Å². The first-order chi connectivity index (χ1) is 32.3. The van der Waals surface area contributed by atoms with Crippen LogP contribution in [-0.4, -0.2) is 113 Å². The number of aliphatic hydroxyl groups is 1. The van der Waals surface area contributed by atoms with Crippen LogP contribution in [0.3, 0.4) is 0 Å². The van der Waals surface area contributed by atoms with E-state index in [1.54, 1.807) is 77.1 Å². The molecule has 68 heavy (non-hydrogen) atoms. The molecule has 8 atom stereocenters. The summed E-state index contributed by atoms with van der Waals surface area (Å²) in [5, 5.41) is 17.3. The molecule has 9 rings (SSSR count). The first-order valence-electron chi connectivity index (χ1n) is 23.1. The maximum Gasteiger partial charge on any atom is 0.348 e. The fourth-order valence-corrected chi connectivity index (χ4v) is 10.3. The highest BCUT2D eigenvalue weighted by atomic mass is 16.8. The number of ether oxygens (including phenoxy) is 6. The zero-order valence-corrected chi connectivity index (χ0v) is 38.7. The predicted octanol–water partition coefficient (Wildman–Crippen LogP) is 3.80. The summed E-state index contributed by atoms with van der Waals surface area (Å²) in [6.07, 6.45) is -0.323. The second kappa shape index (κ2) is 18.2. The number of fused-ring (bicyclic) bond motifs is 5. The lowest BCUT2D eigenvalue weighted by Crippen LogP contribution is -2.69. The van der Waals surface area contributed by atoms with Gasteiger partial charge in [0.1, 0.15) is 42.0 Å². The lowest BCUT2D eigenvalue weighted by molar-refractivity contribution is -0.217. The summed E-state index contributed by atoms with van der Waals surface area (Å²) in [7, 11) is 0. The average molecular weight is 936 g/mol. The highest BCUT2D eigenvalue weighted by molar-refractivity contribution is 5.95. The number of benzene rings is 3. The van der Waals surface area contributed by atoms with Gasteiger partial charge < -0.3 is 44.2 Å². The summed E-state index contributed by atoms with van der Waals surface area (Å²) in [5.74, 6) is -4.37. The van der Waals surface area contributed by atoms with Crippen LogP contribution in [0, 0.1) is 10.8 Å². The molecule has 17 heteroatoms. The molecule has 0 aromatic heterocycles. The van der Waals surface area contributed by atoms with E-state index in [1.807, 2.05) is 36.4 Å². The van der Waals surface area contributed by atoms with Gasteiger partial charge in [0, 0.05) is 49.3 Å². The lowest BCUT2D eigenvalue weighted by Gasteiger charge is -2.48. The molecule has 6 aliphatic rings. The van der Waals surface area contributed by atoms with Gasteiger partial charge in [-0.1, -0.05) is 74.5 Å². The van der Waals surface area contributed by atoms with Crippen molar-refractivity contribution in [3.8, 4) is 0 Å². The molecule has 1 spiro atoms. The third kappa shape index (κ3) is 9.29. The summed E-state index contributed by atoms with van der Waals surface area (Å²) >= 11 is 0. The predicted molar refractivity (Wildman–Crippen MR) is 239 cm³/mol. The van der Waals surface area contributed by atoms with Crippen molar-refractivity contribution < 1.29 is 67.1 Å². The maximum atomic E-state index is 15.0. The van der Waals surface area contributed by atoms with E-state index >= 15 is 4.79 Å². The second-order valence-electron chi connectivity index (χ2n) is 20.3. The quantitative estimate of drug-likeness (QED) is 0.119. The number of rotatable bonds is 14. The van der Waals surface area contributed by atoms with Crippen LogP contribution >= 0.6 is 0 Å². The van der Waals surface area contributed by atoms with Gasteiger partial charge in [-0.2, -0.15) is 5.06 Å². The summed E-state index contributed by atoms with van der Waals surface area (Å²) < 4.78 is 35.7. The first-order valence-corrected chi connectivity index (χ1v) is 23.1. The Labute approximate surface area is 393 Å². The average Bonchev–Trinajstić information content (AvgIpc) is 4.03. The Bertz CT molecular complexity index is 2510. The van der Waals surface area contributed by atoms with Crippen LogP contribution in [0.4, 0.5) is 0 Å². The van der Waals surface area contributed by atoms with Crippen molar-refractivity contribution in [3.63, 3.8) is 0 Å². The number of hydrogen-bond donors (Lipinski definition) is 3. The number of cyclic esters (lactones) is 1. The van der Waals surface area contributed by atoms with Crippen molar-refractivity contribution in [2.45, 2.75) is 134 Å². The monoisotopic (exact) mass is 935 g/mol. The van der Waals surface area contributed by atoms with Gasteiger partial charge in [-0.25, -0.2) is 9.59 Å². The SMILES string of the molecule is CC(C)(C)OC(=O)CCC(CO)NC(=O)c1cccc(CNC(=O)C23CC4OC(=O)C2N(Cc2cccc(C=CC(=O)OC5C(=O)OCC5(C)C)c2)OC3C2OC3(Cc5ccccc5C3)OC42)c1. The van der Waals surface area contributed by atoms with Gasteiger partial charge in [0.05, 0.1) is 19.2 Å². The molecule has 1 saturated carbocycles. The number of hydrogen-bond acceptors (Lipinski definition) is 15. The molecule has 5 fully saturated rings. The molecule has 3 aromatic carbocycles. The van der Waals surface area contributed by atoms with Gasteiger partial charge in [0.15, 0.2) is 11.8 Å². The number of carbonyl (C=O) groups is 6. The van der Waals surface area contributed by atoms with Crippen molar-refractivity contribution in [2.75, 3.05) is 13.2 Å². The maximum absolute atomic E-state index is 15.0. The molecule has 4 saturated heterocycles. The fraction of sp³-hybridized carbons (Fsp3) is 0.490. The van der Waals surface area contributed by atoms with Gasteiger partial charge in [-0.3, -0.25) is 24.0 Å². The molecule has 3 N–H and O–H groups in total. The van der Waals surface area contributed by atoms with Crippen LogP contribution in [0.25, 0.3) is 6.08 Å². The molecule has 3 aromatic rings. The van der Waals surface area contributed by atoms with E-state index in [1.165, 1.54) is 11.1 Å². The Hall–Kier alpha value is -5.98. The molecule has 2 aliphatic carbocycles. The minimum Gasteiger partial charge on any atom is -0.462 e. The van der Waals surface area contributed by atoms with E-state index in [-0.39, 0.29) is 51.1 Å². The topological polar surface area (TPSA) is 215 Å².